The van der Waals surface area contributed by atoms with Gasteiger partial charge in [0, 0.05) is 0 Å². The van der Waals surface area contributed by atoms with Crippen LogP contribution in [0.5, 0.6) is 5.75 Å². The first-order valence-corrected chi connectivity index (χ1v) is 5.15. The van der Waals surface area contributed by atoms with Gasteiger partial charge in [-0.2, -0.15) is 0 Å². The third kappa shape index (κ3) is 2.58. The molecule has 5 heteroatoms. The standard InChI is InChI=1S/C11H11N3OS/c1-15-9-5-2-8(3-6-9)4-7-10-12-11(16)14-13-10/h2-7H,1H3,(H2,12,13,14,16)/b7-4+. The topological polar surface area (TPSA) is 53.7 Å². The van der Waals surface area contributed by atoms with Crippen LogP contribution in [0.1, 0.15) is 11.4 Å². The Labute approximate surface area is 98.0 Å². The fourth-order valence-corrected chi connectivity index (χ4v) is 1.40. The van der Waals surface area contributed by atoms with Crippen LogP contribution in [-0.2, 0) is 0 Å². The maximum absolute atomic E-state index is 5.07. The maximum atomic E-state index is 5.07. The highest BCUT2D eigenvalue weighted by atomic mass is 32.1. The third-order valence-corrected chi connectivity index (χ3v) is 2.26. The summed E-state index contributed by atoms with van der Waals surface area (Å²) in [7, 11) is 1.65. The zero-order valence-corrected chi connectivity index (χ0v) is 9.54. The molecule has 0 saturated heterocycles. The largest absolute Gasteiger partial charge is 0.497 e. The number of aromatic nitrogens is 3. The fraction of sp³-hybridized carbons (Fsp3) is 0.0909. The fourth-order valence-electron chi connectivity index (χ4n) is 1.25. The van der Waals surface area contributed by atoms with Crippen molar-refractivity contribution in [2.45, 2.75) is 0 Å². The van der Waals surface area contributed by atoms with Crippen molar-refractivity contribution in [3.05, 3.63) is 40.4 Å². The summed E-state index contributed by atoms with van der Waals surface area (Å²) in [5, 5.41) is 5.58. The quantitative estimate of drug-likeness (QED) is 0.801. The predicted octanol–water partition coefficient (Wildman–Crippen LogP) is 2.65. The van der Waals surface area contributed by atoms with Crippen LogP contribution in [0.4, 0.5) is 0 Å². The highest BCUT2D eigenvalue weighted by Gasteiger charge is 1.92. The Morgan fingerprint density at radius 2 is 1.94 bits per heavy atom. The molecule has 0 aliphatic heterocycles. The summed E-state index contributed by atoms with van der Waals surface area (Å²) < 4.78 is 5.53. The molecule has 0 spiro atoms. The lowest BCUT2D eigenvalue weighted by Crippen LogP contribution is -1.81. The van der Waals surface area contributed by atoms with E-state index in [1.54, 1.807) is 7.11 Å². The lowest BCUT2D eigenvalue weighted by atomic mass is 10.2. The molecule has 0 bridgehead atoms. The molecule has 0 aliphatic rings. The second-order valence-electron chi connectivity index (χ2n) is 3.16. The molecule has 4 nitrogen and oxygen atoms in total. The first kappa shape index (κ1) is 10.6. The van der Waals surface area contributed by atoms with Gasteiger partial charge in [0.1, 0.15) is 11.6 Å². The zero-order valence-electron chi connectivity index (χ0n) is 8.73. The summed E-state index contributed by atoms with van der Waals surface area (Å²) in [5.41, 5.74) is 1.07. The van der Waals surface area contributed by atoms with E-state index in [0.29, 0.717) is 10.6 Å². The Kier molecular flexibility index (Phi) is 3.16. The number of nitrogens with one attached hydrogen (secondary N) is 2. The summed E-state index contributed by atoms with van der Waals surface area (Å²) in [6.07, 6.45) is 3.80. The number of hydrogen-bond acceptors (Lipinski definition) is 3. The van der Waals surface area contributed by atoms with E-state index in [1.165, 1.54) is 0 Å². The van der Waals surface area contributed by atoms with Crippen molar-refractivity contribution in [3.8, 4) is 5.75 Å². The second kappa shape index (κ2) is 4.76. The molecule has 0 radical (unpaired) electrons. The molecule has 1 heterocycles. The van der Waals surface area contributed by atoms with Crippen LogP contribution in [0.3, 0.4) is 0 Å². The predicted molar refractivity (Wildman–Crippen MR) is 65.7 cm³/mol. The van der Waals surface area contributed by atoms with Gasteiger partial charge in [0.2, 0.25) is 4.77 Å². The molecule has 0 aliphatic carbocycles. The van der Waals surface area contributed by atoms with Crippen molar-refractivity contribution in [2.75, 3.05) is 7.11 Å². The number of hydrogen-bond donors (Lipinski definition) is 2. The normalized spacial score (nSPS) is 10.8. The van der Waals surface area contributed by atoms with Crippen molar-refractivity contribution in [1.29, 1.82) is 0 Å². The van der Waals surface area contributed by atoms with E-state index in [9.17, 15) is 0 Å². The van der Waals surface area contributed by atoms with E-state index >= 15 is 0 Å². The van der Waals surface area contributed by atoms with Crippen molar-refractivity contribution >= 4 is 24.4 Å². The van der Waals surface area contributed by atoms with Crippen LogP contribution in [0.2, 0.25) is 0 Å². The number of methoxy groups -OCH3 is 1. The highest BCUT2D eigenvalue weighted by Crippen LogP contribution is 2.12. The average molecular weight is 233 g/mol. The van der Waals surface area contributed by atoms with Crippen molar-refractivity contribution in [3.63, 3.8) is 0 Å². The summed E-state index contributed by atoms with van der Waals surface area (Å²) in [6.45, 7) is 0. The van der Waals surface area contributed by atoms with E-state index in [-0.39, 0.29) is 0 Å². The molecule has 1 aromatic heterocycles. The van der Waals surface area contributed by atoms with E-state index in [0.717, 1.165) is 11.3 Å². The Morgan fingerprint density at radius 1 is 1.19 bits per heavy atom. The monoisotopic (exact) mass is 233 g/mol. The summed E-state index contributed by atoms with van der Waals surface area (Å²) in [5.74, 6) is 1.55. The molecule has 2 aromatic rings. The minimum absolute atomic E-state index is 0.453. The van der Waals surface area contributed by atoms with Crippen molar-refractivity contribution in [2.24, 2.45) is 0 Å². The van der Waals surface area contributed by atoms with Crippen LogP contribution in [0, 0.1) is 4.77 Å². The molecule has 82 valence electrons. The maximum Gasteiger partial charge on any atom is 0.213 e. The Bertz CT molecular complexity index is 539. The molecule has 0 fully saturated rings. The minimum atomic E-state index is 0.453. The number of rotatable bonds is 3. The van der Waals surface area contributed by atoms with Gasteiger partial charge in [-0.25, -0.2) is 4.98 Å². The van der Waals surface area contributed by atoms with Gasteiger partial charge in [-0.3, -0.25) is 10.2 Å². The molecule has 16 heavy (non-hydrogen) atoms. The smallest absolute Gasteiger partial charge is 0.213 e. The molecular weight excluding hydrogens is 222 g/mol. The summed E-state index contributed by atoms with van der Waals surface area (Å²) in [6, 6.07) is 7.76. The van der Waals surface area contributed by atoms with Gasteiger partial charge in [0.25, 0.3) is 0 Å². The van der Waals surface area contributed by atoms with Crippen LogP contribution < -0.4 is 4.74 Å². The van der Waals surface area contributed by atoms with Gasteiger partial charge in [0.15, 0.2) is 0 Å². The Hall–Kier alpha value is -1.88. The van der Waals surface area contributed by atoms with Gasteiger partial charge in [-0.1, -0.05) is 18.2 Å². The van der Waals surface area contributed by atoms with Gasteiger partial charge in [0.05, 0.1) is 7.11 Å². The minimum Gasteiger partial charge on any atom is -0.497 e. The molecule has 0 amide bonds. The van der Waals surface area contributed by atoms with Crippen LogP contribution in [0.15, 0.2) is 24.3 Å². The number of H-pyrrole nitrogens is 2. The van der Waals surface area contributed by atoms with E-state index < -0.39 is 0 Å². The molecular formula is C11H11N3OS. The summed E-state index contributed by atoms with van der Waals surface area (Å²) in [4.78, 5) is 4.05. The SMILES string of the molecule is COc1ccc(/C=C/c2nc(=S)[nH][nH]2)cc1. The summed E-state index contributed by atoms with van der Waals surface area (Å²) >= 11 is 4.85. The number of ether oxygens (including phenoxy) is 1. The number of nitrogens with zero attached hydrogens (tertiary/aromatic N) is 1. The number of benzene rings is 1. The van der Waals surface area contributed by atoms with Crippen LogP contribution in [-0.4, -0.2) is 22.3 Å². The van der Waals surface area contributed by atoms with Crippen molar-refractivity contribution < 1.29 is 4.74 Å². The van der Waals surface area contributed by atoms with Crippen LogP contribution >= 0.6 is 12.2 Å². The average Bonchev–Trinajstić information content (AvgIpc) is 2.73. The van der Waals surface area contributed by atoms with Gasteiger partial charge < -0.3 is 4.74 Å². The highest BCUT2D eigenvalue weighted by molar-refractivity contribution is 7.71. The van der Waals surface area contributed by atoms with E-state index in [1.807, 2.05) is 36.4 Å². The van der Waals surface area contributed by atoms with Gasteiger partial charge in [-0.05, 0) is 36.0 Å². The molecule has 0 saturated carbocycles. The van der Waals surface area contributed by atoms with Crippen molar-refractivity contribution in [1.82, 2.24) is 15.2 Å². The third-order valence-electron chi connectivity index (χ3n) is 2.07. The van der Waals surface area contributed by atoms with E-state index in [2.05, 4.69) is 15.2 Å². The second-order valence-corrected chi connectivity index (χ2v) is 3.55. The number of aromatic amines is 2. The lowest BCUT2D eigenvalue weighted by molar-refractivity contribution is 0.415. The Balaban J connectivity index is 2.14. The Morgan fingerprint density at radius 3 is 2.50 bits per heavy atom. The van der Waals surface area contributed by atoms with Gasteiger partial charge >= 0.3 is 0 Å². The zero-order chi connectivity index (χ0) is 11.4. The van der Waals surface area contributed by atoms with Gasteiger partial charge in [-0.15, -0.1) is 0 Å². The van der Waals surface area contributed by atoms with Crippen LogP contribution in [0.25, 0.3) is 12.2 Å². The molecule has 2 rings (SSSR count). The molecule has 0 unspecified atom stereocenters. The molecule has 0 atom stereocenters. The first-order valence-electron chi connectivity index (χ1n) is 4.75. The van der Waals surface area contributed by atoms with E-state index in [4.69, 9.17) is 17.0 Å². The molecule has 1 aromatic carbocycles. The molecule has 2 N–H and O–H groups in total. The first-order chi connectivity index (χ1) is 7.78. The lowest BCUT2D eigenvalue weighted by Gasteiger charge is -1.98.